The summed E-state index contributed by atoms with van der Waals surface area (Å²) >= 11 is 3.27. The number of rotatable bonds is 2. The number of nitrogens with zero attached hydrogens (tertiary/aromatic N) is 2. The van der Waals surface area contributed by atoms with Crippen LogP contribution in [0.3, 0.4) is 0 Å². The molecule has 0 amide bonds. The number of hydrogen-bond acceptors (Lipinski definition) is 4. The smallest absolute Gasteiger partial charge is 0.334 e. The highest BCUT2D eigenvalue weighted by atomic mass is 79.9. The number of ether oxygens (including phenoxy) is 2. The molecule has 0 fully saturated rings. The zero-order valence-electron chi connectivity index (χ0n) is 7.57. The van der Waals surface area contributed by atoms with E-state index in [2.05, 4.69) is 21.0 Å². The fourth-order valence-corrected chi connectivity index (χ4v) is 1.71. The van der Waals surface area contributed by atoms with E-state index in [-0.39, 0.29) is 5.97 Å². The lowest BCUT2D eigenvalue weighted by atomic mass is 10.3. The minimum absolute atomic E-state index is 0.292. The van der Waals surface area contributed by atoms with E-state index in [0.29, 0.717) is 19.1 Å². The molecule has 0 saturated heterocycles. The van der Waals surface area contributed by atoms with Crippen LogP contribution in [0.4, 0.5) is 0 Å². The first-order valence-corrected chi connectivity index (χ1v) is 5.05. The predicted octanol–water partition coefficient (Wildman–Crippen LogP) is 1.14. The predicted molar refractivity (Wildman–Crippen MR) is 51.1 cm³/mol. The molecule has 1 unspecified atom stereocenters. The molecule has 1 atom stereocenters. The Morgan fingerprint density at radius 1 is 1.93 bits per heavy atom. The van der Waals surface area contributed by atoms with E-state index in [1.165, 1.54) is 4.68 Å². The molecule has 0 saturated carbocycles. The molecule has 1 aliphatic heterocycles. The minimum Gasteiger partial charge on any atom is -0.474 e. The van der Waals surface area contributed by atoms with Crippen molar-refractivity contribution in [2.24, 2.45) is 0 Å². The van der Waals surface area contributed by atoms with E-state index in [4.69, 9.17) is 9.47 Å². The summed E-state index contributed by atoms with van der Waals surface area (Å²) in [6, 6.07) is -0.448. The average molecular weight is 261 g/mol. The lowest BCUT2D eigenvalue weighted by molar-refractivity contribution is -0.147. The number of hydrogen-bond donors (Lipinski definition) is 0. The van der Waals surface area contributed by atoms with Gasteiger partial charge in [-0.1, -0.05) is 0 Å². The molecule has 0 aliphatic carbocycles. The van der Waals surface area contributed by atoms with Gasteiger partial charge in [0.25, 0.3) is 0 Å². The topological polar surface area (TPSA) is 53.4 Å². The molecule has 5 nitrogen and oxygen atoms in total. The Balaban J connectivity index is 2.21. The van der Waals surface area contributed by atoms with Gasteiger partial charge in [-0.2, -0.15) is 5.10 Å². The van der Waals surface area contributed by atoms with Gasteiger partial charge in [0.15, 0.2) is 6.04 Å². The number of fused-ring (bicyclic) bond motifs is 1. The zero-order valence-corrected chi connectivity index (χ0v) is 9.15. The lowest BCUT2D eigenvalue weighted by Gasteiger charge is -2.07. The van der Waals surface area contributed by atoms with Gasteiger partial charge < -0.3 is 9.47 Å². The van der Waals surface area contributed by atoms with Crippen molar-refractivity contribution >= 4 is 21.9 Å². The summed E-state index contributed by atoms with van der Waals surface area (Å²) in [5.41, 5.74) is 0. The molecule has 14 heavy (non-hydrogen) atoms. The fraction of sp³-hybridized carbons (Fsp3) is 0.500. The standard InChI is InChI=1S/C8H9BrN2O3/c1-2-13-8(12)6-4-14-7-5(9)3-10-11(6)7/h3,6H,2,4H2,1H3. The monoisotopic (exact) mass is 260 g/mol. The molecule has 0 spiro atoms. The molecule has 1 aliphatic rings. The summed E-state index contributed by atoms with van der Waals surface area (Å²) in [7, 11) is 0. The Hall–Kier alpha value is -1.04. The van der Waals surface area contributed by atoms with Crippen molar-refractivity contribution in [2.75, 3.05) is 13.2 Å². The van der Waals surface area contributed by atoms with E-state index in [0.717, 1.165) is 4.47 Å². The second-order valence-electron chi connectivity index (χ2n) is 2.82. The number of halogens is 1. The average Bonchev–Trinajstić information content (AvgIpc) is 2.69. The van der Waals surface area contributed by atoms with Crippen molar-refractivity contribution in [2.45, 2.75) is 13.0 Å². The number of carbonyl (C=O) groups is 1. The highest BCUT2D eigenvalue weighted by Gasteiger charge is 2.33. The van der Waals surface area contributed by atoms with Gasteiger partial charge in [-0.3, -0.25) is 0 Å². The van der Waals surface area contributed by atoms with Gasteiger partial charge in [0, 0.05) is 0 Å². The van der Waals surface area contributed by atoms with Crippen molar-refractivity contribution in [1.29, 1.82) is 0 Å². The van der Waals surface area contributed by atoms with Crippen LogP contribution in [0.2, 0.25) is 0 Å². The van der Waals surface area contributed by atoms with Crippen LogP contribution >= 0.6 is 15.9 Å². The zero-order chi connectivity index (χ0) is 10.1. The second kappa shape index (κ2) is 3.61. The molecule has 6 heteroatoms. The molecule has 0 bridgehead atoms. The Morgan fingerprint density at radius 3 is 3.43 bits per heavy atom. The van der Waals surface area contributed by atoms with Crippen LogP contribution in [-0.4, -0.2) is 29.0 Å². The summed E-state index contributed by atoms with van der Waals surface area (Å²) in [6.45, 7) is 2.43. The highest BCUT2D eigenvalue weighted by molar-refractivity contribution is 9.10. The SMILES string of the molecule is CCOC(=O)C1COc2c(Br)cnn21. The van der Waals surface area contributed by atoms with Crippen LogP contribution in [0, 0.1) is 0 Å². The minimum atomic E-state index is -0.448. The first kappa shape index (κ1) is 9.51. The van der Waals surface area contributed by atoms with E-state index in [1.807, 2.05) is 0 Å². The third-order valence-electron chi connectivity index (χ3n) is 1.94. The van der Waals surface area contributed by atoms with Crippen molar-refractivity contribution < 1.29 is 14.3 Å². The maximum atomic E-state index is 11.4. The third-order valence-corrected chi connectivity index (χ3v) is 2.48. The maximum Gasteiger partial charge on any atom is 0.334 e. The summed E-state index contributed by atoms with van der Waals surface area (Å²) in [6.07, 6.45) is 1.60. The fourth-order valence-electron chi connectivity index (χ4n) is 1.32. The van der Waals surface area contributed by atoms with Gasteiger partial charge in [-0.15, -0.1) is 0 Å². The van der Waals surface area contributed by atoms with Crippen LogP contribution in [0.15, 0.2) is 10.7 Å². The van der Waals surface area contributed by atoms with Gasteiger partial charge >= 0.3 is 5.97 Å². The van der Waals surface area contributed by atoms with Crippen molar-refractivity contribution in [3.63, 3.8) is 0 Å². The molecule has 2 heterocycles. The molecular formula is C8H9BrN2O3. The van der Waals surface area contributed by atoms with Crippen LogP contribution in [0.1, 0.15) is 13.0 Å². The van der Waals surface area contributed by atoms with E-state index < -0.39 is 6.04 Å². The molecular weight excluding hydrogens is 252 g/mol. The number of esters is 1. The Labute approximate surface area is 89.1 Å². The summed E-state index contributed by atoms with van der Waals surface area (Å²) < 4.78 is 12.5. The van der Waals surface area contributed by atoms with Crippen molar-refractivity contribution in [3.05, 3.63) is 10.7 Å². The highest BCUT2D eigenvalue weighted by Crippen LogP contribution is 2.33. The van der Waals surface area contributed by atoms with Gasteiger partial charge in [-0.05, 0) is 22.9 Å². The van der Waals surface area contributed by atoms with Gasteiger partial charge in [0.05, 0.1) is 17.3 Å². The second-order valence-corrected chi connectivity index (χ2v) is 3.68. The van der Waals surface area contributed by atoms with Crippen molar-refractivity contribution in [1.82, 2.24) is 9.78 Å². The quantitative estimate of drug-likeness (QED) is 0.749. The number of carbonyl (C=O) groups excluding carboxylic acids is 1. The third kappa shape index (κ3) is 1.39. The van der Waals surface area contributed by atoms with Gasteiger partial charge in [-0.25, -0.2) is 9.48 Å². The van der Waals surface area contributed by atoms with Crippen LogP contribution in [0.25, 0.3) is 0 Å². The summed E-state index contributed by atoms with van der Waals surface area (Å²) in [5.74, 6) is 0.282. The first-order chi connectivity index (χ1) is 6.74. The first-order valence-electron chi connectivity index (χ1n) is 4.26. The normalized spacial score (nSPS) is 18.9. The summed E-state index contributed by atoms with van der Waals surface area (Å²) in [4.78, 5) is 11.4. The Kier molecular flexibility index (Phi) is 2.45. The largest absolute Gasteiger partial charge is 0.474 e. The van der Waals surface area contributed by atoms with E-state index in [9.17, 15) is 4.79 Å². The van der Waals surface area contributed by atoms with Crippen LogP contribution in [0.5, 0.6) is 5.88 Å². The molecule has 0 aromatic carbocycles. The van der Waals surface area contributed by atoms with Crippen LogP contribution < -0.4 is 4.74 Å². The van der Waals surface area contributed by atoms with Crippen LogP contribution in [-0.2, 0) is 9.53 Å². The Bertz CT molecular complexity index is 363. The van der Waals surface area contributed by atoms with Gasteiger partial charge in [0.1, 0.15) is 6.61 Å². The van der Waals surface area contributed by atoms with E-state index in [1.54, 1.807) is 13.1 Å². The maximum absolute atomic E-state index is 11.4. The van der Waals surface area contributed by atoms with Crippen molar-refractivity contribution in [3.8, 4) is 5.88 Å². The summed E-state index contributed by atoms with van der Waals surface area (Å²) in [5, 5.41) is 4.03. The lowest BCUT2D eigenvalue weighted by Crippen LogP contribution is -2.22. The Morgan fingerprint density at radius 2 is 2.71 bits per heavy atom. The number of aromatic nitrogens is 2. The molecule has 0 radical (unpaired) electrons. The van der Waals surface area contributed by atoms with Gasteiger partial charge in [0.2, 0.25) is 5.88 Å². The molecule has 0 N–H and O–H groups in total. The van der Waals surface area contributed by atoms with E-state index >= 15 is 0 Å². The molecule has 76 valence electrons. The molecule has 2 rings (SSSR count). The molecule has 1 aromatic heterocycles. The molecule has 1 aromatic rings.